The second kappa shape index (κ2) is 18.3. The number of carbonyl (C=O) groups excluding carboxylic acids is 2. The number of hydrogen-bond acceptors (Lipinski definition) is 7. The molecule has 2 amide bonds. The maximum absolute atomic E-state index is 12.1. The zero-order valence-electron chi connectivity index (χ0n) is 25.6. The predicted molar refractivity (Wildman–Crippen MR) is 178 cm³/mol. The highest BCUT2D eigenvalue weighted by Gasteiger charge is 2.23. The van der Waals surface area contributed by atoms with Crippen LogP contribution in [0.3, 0.4) is 0 Å². The summed E-state index contributed by atoms with van der Waals surface area (Å²) >= 11 is 3.18. The Balaban J connectivity index is 0.000000538. The topological polar surface area (TPSA) is 105 Å². The number of aryl methyl sites for hydroxylation is 1. The third-order valence-electron chi connectivity index (χ3n) is 5.73. The summed E-state index contributed by atoms with van der Waals surface area (Å²) in [5, 5.41) is 12.0. The highest BCUT2D eigenvalue weighted by Crippen LogP contribution is 2.37. The Bertz CT molecular complexity index is 1220. The van der Waals surface area contributed by atoms with Crippen molar-refractivity contribution in [1.29, 1.82) is 0 Å². The molecule has 0 spiro atoms. The van der Waals surface area contributed by atoms with Gasteiger partial charge in [-0.1, -0.05) is 88.0 Å². The van der Waals surface area contributed by atoms with Crippen LogP contribution in [0.1, 0.15) is 63.0 Å². The summed E-state index contributed by atoms with van der Waals surface area (Å²) in [6.07, 6.45) is 2.05. The van der Waals surface area contributed by atoms with Crippen molar-refractivity contribution in [2.24, 2.45) is 11.1 Å². The van der Waals surface area contributed by atoms with Gasteiger partial charge >= 0.3 is 6.03 Å². The largest absolute Gasteiger partial charge is 0.497 e. The molecule has 3 rings (SSSR count). The van der Waals surface area contributed by atoms with Gasteiger partial charge in [0, 0.05) is 22.7 Å². The van der Waals surface area contributed by atoms with Crippen molar-refractivity contribution in [3.05, 3.63) is 93.2 Å². The number of urea groups is 1. The van der Waals surface area contributed by atoms with E-state index in [0.717, 1.165) is 16.4 Å². The van der Waals surface area contributed by atoms with Crippen molar-refractivity contribution >= 4 is 41.0 Å². The predicted octanol–water partition coefficient (Wildman–Crippen LogP) is 7.27. The fourth-order valence-electron chi connectivity index (χ4n) is 3.28. The van der Waals surface area contributed by atoms with E-state index in [2.05, 4.69) is 59.1 Å². The van der Waals surface area contributed by atoms with Gasteiger partial charge in [0.2, 0.25) is 0 Å². The molecule has 1 aliphatic rings. The molecule has 2 aromatic carbocycles. The highest BCUT2D eigenvalue weighted by atomic mass is 32.2. The molecule has 0 aromatic heterocycles. The van der Waals surface area contributed by atoms with E-state index >= 15 is 0 Å². The normalized spacial score (nSPS) is 14.2. The lowest BCUT2D eigenvalue weighted by atomic mass is 9.94. The van der Waals surface area contributed by atoms with Crippen LogP contribution < -0.4 is 26.4 Å². The lowest BCUT2D eigenvalue weighted by Gasteiger charge is -2.23. The molecule has 1 heterocycles. The zero-order valence-corrected chi connectivity index (χ0v) is 27.2. The number of ether oxygens (including phenoxy) is 1. The van der Waals surface area contributed by atoms with E-state index in [1.807, 2.05) is 46.8 Å². The first-order valence-electron chi connectivity index (χ1n) is 13.6. The first-order chi connectivity index (χ1) is 19.5. The Kier molecular flexibility index (Phi) is 16.0. The molecule has 7 nitrogen and oxygen atoms in total. The molecule has 224 valence electrons. The van der Waals surface area contributed by atoms with Crippen LogP contribution in [0.5, 0.6) is 5.75 Å². The first-order valence-corrected chi connectivity index (χ1v) is 15.4. The third-order valence-corrected chi connectivity index (χ3v) is 7.95. The quantitative estimate of drug-likeness (QED) is 0.213. The molecular weight excluding hydrogens is 553 g/mol. The van der Waals surface area contributed by atoms with E-state index < -0.39 is 0 Å². The monoisotopic (exact) mass is 598 g/mol. The Morgan fingerprint density at radius 1 is 1.20 bits per heavy atom. The molecule has 1 aliphatic heterocycles. The van der Waals surface area contributed by atoms with Crippen LogP contribution in [0.4, 0.5) is 4.79 Å². The zero-order chi connectivity index (χ0) is 31.0. The van der Waals surface area contributed by atoms with E-state index in [1.54, 1.807) is 37.1 Å². The fraction of sp³-hybridized carbons (Fsp3) is 0.375. The lowest BCUT2D eigenvalue weighted by Crippen LogP contribution is -2.42. The molecule has 1 unspecified atom stereocenters. The van der Waals surface area contributed by atoms with Gasteiger partial charge in [-0.05, 0) is 61.9 Å². The second-order valence-electron chi connectivity index (χ2n) is 9.74. The summed E-state index contributed by atoms with van der Waals surface area (Å²) in [5.74, 6) is 0.779. The van der Waals surface area contributed by atoms with Gasteiger partial charge in [0.1, 0.15) is 11.1 Å². The fourth-order valence-corrected chi connectivity index (χ4v) is 5.25. The number of benzene rings is 2. The van der Waals surface area contributed by atoms with Crippen molar-refractivity contribution in [3.8, 4) is 5.75 Å². The Labute approximate surface area is 254 Å². The summed E-state index contributed by atoms with van der Waals surface area (Å²) in [5.41, 5.74) is 9.76. The van der Waals surface area contributed by atoms with E-state index in [4.69, 9.17) is 10.5 Å². The first kappa shape index (κ1) is 35.9. The number of nitrogens with one attached hydrogen (secondary N) is 3. The van der Waals surface area contributed by atoms with E-state index in [9.17, 15) is 9.59 Å². The van der Waals surface area contributed by atoms with Crippen molar-refractivity contribution < 1.29 is 14.3 Å². The number of nitrogens with two attached hydrogens (primary N) is 1. The van der Waals surface area contributed by atoms with Crippen LogP contribution in [-0.2, 0) is 0 Å². The van der Waals surface area contributed by atoms with E-state index in [-0.39, 0.29) is 22.6 Å². The van der Waals surface area contributed by atoms with Gasteiger partial charge in [0.25, 0.3) is 0 Å². The minimum Gasteiger partial charge on any atom is -0.497 e. The van der Waals surface area contributed by atoms with E-state index in [0.29, 0.717) is 23.7 Å². The summed E-state index contributed by atoms with van der Waals surface area (Å²) in [7, 11) is 1.58. The van der Waals surface area contributed by atoms with Gasteiger partial charge in [-0.2, -0.15) is 0 Å². The van der Waals surface area contributed by atoms with E-state index in [1.165, 1.54) is 29.8 Å². The van der Waals surface area contributed by atoms with Crippen molar-refractivity contribution in [2.75, 3.05) is 20.2 Å². The second-order valence-corrected chi connectivity index (χ2v) is 11.9. The number of amides is 2. The maximum atomic E-state index is 12.1. The maximum Gasteiger partial charge on any atom is 0.319 e. The Hall–Kier alpha value is -3.14. The SMILES string of the molecule is C=C(NC(=O)NCC(C)(C)CN)S/C(=C\C)C1NC(c2cccc(C)c2)=CS1.CC.COc1cccc(C(C)=O)c1. The molecule has 0 saturated carbocycles. The number of hydrogen-bond donors (Lipinski definition) is 4. The lowest BCUT2D eigenvalue weighted by molar-refractivity contribution is 0.101. The van der Waals surface area contributed by atoms with Crippen LogP contribution in [0, 0.1) is 12.3 Å². The molecule has 9 heteroatoms. The van der Waals surface area contributed by atoms with Crippen LogP contribution in [0.15, 0.2) is 76.5 Å². The van der Waals surface area contributed by atoms with Crippen LogP contribution >= 0.6 is 23.5 Å². The number of ketones is 1. The number of Topliss-reactive ketones (excluding diaryl/α,β-unsaturated/α-hetero) is 1. The summed E-state index contributed by atoms with van der Waals surface area (Å²) in [6.45, 7) is 18.6. The highest BCUT2D eigenvalue weighted by molar-refractivity contribution is 8.09. The van der Waals surface area contributed by atoms with Gasteiger partial charge in [-0.25, -0.2) is 4.79 Å². The molecule has 0 fully saturated rings. The van der Waals surface area contributed by atoms with Crippen molar-refractivity contribution in [1.82, 2.24) is 16.0 Å². The molecule has 41 heavy (non-hydrogen) atoms. The number of allylic oxidation sites excluding steroid dienone is 1. The molecule has 0 bridgehead atoms. The van der Waals surface area contributed by atoms with Gasteiger partial charge in [-0.3, -0.25) is 4.79 Å². The number of rotatable bonds is 10. The summed E-state index contributed by atoms with van der Waals surface area (Å²) < 4.78 is 4.95. The van der Waals surface area contributed by atoms with Gasteiger partial charge < -0.3 is 26.4 Å². The molecule has 0 aliphatic carbocycles. The smallest absolute Gasteiger partial charge is 0.319 e. The molecule has 0 saturated heterocycles. The van der Waals surface area contributed by atoms with Gasteiger partial charge in [0.15, 0.2) is 5.78 Å². The Morgan fingerprint density at radius 3 is 2.46 bits per heavy atom. The van der Waals surface area contributed by atoms with Gasteiger partial charge in [0.05, 0.1) is 12.1 Å². The minimum absolute atomic E-state index is 0.0592. The molecule has 5 N–H and O–H groups in total. The Morgan fingerprint density at radius 2 is 1.88 bits per heavy atom. The van der Waals surface area contributed by atoms with Crippen LogP contribution in [-0.4, -0.2) is 37.4 Å². The standard InChI is InChI=1S/C21H30N4OS2.C9H10O2.C2H6/c1-6-18(28-15(3)24-20(26)23-13-21(4,5)12-22)19-25-17(11-27-19)16-9-7-8-14(2)10-16;1-7(10)8-4-3-5-9(6-8)11-2;1-2/h6-11,19,25H,3,12-13,22H2,1-2,4-5H3,(H2,23,24,26);3-6H,1-2H3;1-2H3/b18-6-;;. The number of methoxy groups -OCH3 is 1. The summed E-state index contributed by atoms with van der Waals surface area (Å²) in [6, 6.07) is 15.3. The molecule has 2 aromatic rings. The van der Waals surface area contributed by atoms with Crippen molar-refractivity contribution in [2.45, 2.75) is 53.8 Å². The molecule has 1 atom stereocenters. The van der Waals surface area contributed by atoms with Crippen molar-refractivity contribution in [3.63, 3.8) is 0 Å². The minimum atomic E-state index is -0.264. The molecule has 0 radical (unpaired) electrons. The van der Waals surface area contributed by atoms with Gasteiger partial charge in [-0.15, -0.1) is 11.8 Å². The number of carbonyl (C=O) groups is 2. The van der Waals surface area contributed by atoms with Crippen LogP contribution in [0.2, 0.25) is 0 Å². The molecular formula is C32H46N4O3S2. The average Bonchev–Trinajstić information content (AvgIpc) is 3.46. The number of thioether (sulfide) groups is 2. The van der Waals surface area contributed by atoms with Crippen LogP contribution in [0.25, 0.3) is 5.70 Å². The third kappa shape index (κ3) is 12.9. The summed E-state index contributed by atoms with van der Waals surface area (Å²) in [4.78, 5) is 24.0. The average molecular weight is 599 g/mol.